The largest absolute Gasteiger partial charge is 0.367 e. The van der Waals surface area contributed by atoms with Crippen molar-refractivity contribution in [1.29, 1.82) is 0 Å². The number of hydrogen-bond acceptors (Lipinski definition) is 8. The van der Waals surface area contributed by atoms with Gasteiger partial charge in [-0.25, -0.2) is 4.39 Å². The first-order valence-corrected chi connectivity index (χ1v) is 10.8. The molecule has 2 aromatic rings. The predicted octanol–water partition coefficient (Wildman–Crippen LogP) is 2.35. The molecule has 1 aliphatic carbocycles. The van der Waals surface area contributed by atoms with Crippen LogP contribution in [-0.4, -0.2) is 64.3 Å². The average molecular weight is 429 g/mol. The van der Waals surface area contributed by atoms with Gasteiger partial charge in [-0.2, -0.15) is 4.98 Å². The monoisotopic (exact) mass is 428 g/mol. The van der Waals surface area contributed by atoms with Crippen LogP contribution in [0.5, 0.6) is 0 Å². The summed E-state index contributed by atoms with van der Waals surface area (Å²) in [6.07, 6.45) is 3.14. The minimum absolute atomic E-state index is 0.000446. The van der Waals surface area contributed by atoms with Gasteiger partial charge in [0, 0.05) is 44.0 Å². The molecule has 1 aliphatic heterocycles. The Hall–Kier alpha value is -3.01. The Labute approximate surface area is 181 Å². The van der Waals surface area contributed by atoms with Crippen molar-refractivity contribution in [1.82, 2.24) is 20.1 Å². The van der Waals surface area contributed by atoms with E-state index in [2.05, 4.69) is 49.5 Å². The summed E-state index contributed by atoms with van der Waals surface area (Å²) >= 11 is 0. The Bertz CT molecular complexity index is 941. The fourth-order valence-corrected chi connectivity index (χ4v) is 3.84. The highest BCUT2D eigenvalue weighted by Gasteiger charge is 2.23. The van der Waals surface area contributed by atoms with E-state index in [9.17, 15) is 9.18 Å². The van der Waals surface area contributed by atoms with Crippen molar-refractivity contribution in [3.05, 3.63) is 29.7 Å². The molecule has 10 heteroatoms. The van der Waals surface area contributed by atoms with E-state index in [4.69, 9.17) is 5.73 Å². The second-order valence-electron chi connectivity index (χ2n) is 8.38. The van der Waals surface area contributed by atoms with E-state index in [1.54, 1.807) is 12.1 Å². The van der Waals surface area contributed by atoms with Crippen LogP contribution < -0.4 is 21.3 Å². The smallest absolute Gasteiger partial charge is 0.273 e. The molecule has 1 saturated carbocycles. The molecule has 1 amide bonds. The van der Waals surface area contributed by atoms with Crippen LogP contribution >= 0.6 is 0 Å². The van der Waals surface area contributed by atoms with Crippen molar-refractivity contribution in [2.75, 3.05) is 41.7 Å². The van der Waals surface area contributed by atoms with E-state index < -0.39 is 5.91 Å². The van der Waals surface area contributed by atoms with Gasteiger partial charge in [-0.1, -0.05) is 0 Å². The van der Waals surface area contributed by atoms with Crippen molar-refractivity contribution < 1.29 is 9.18 Å². The van der Waals surface area contributed by atoms with Crippen molar-refractivity contribution in [3.8, 4) is 0 Å². The number of rotatable bonds is 7. The number of amides is 1. The predicted molar refractivity (Wildman–Crippen MR) is 118 cm³/mol. The SMILES string of the molecule is CC(C)N1CCN(c2ccc(Nc3nnc(C(N)=O)c(NC4CCC4)n3)cc2F)CC1. The van der Waals surface area contributed by atoms with Crippen LogP contribution in [0.4, 0.5) is 27.5 Å². The maximum atomic E-state index is 14.8. The topological polar surface area (TPSA) is 112 Å². The molecule has 4 rings (SSSR count). The third-order valence-electron chi connectivity index (χ3n) is 5.96. The lowest BCUT2D eigenvalue weighted by molar-refractivity contribution is 0.0995. The highest BCUT2D eigenvalue weighted by atomic mass is 19.1. The highest BCUT2D eigenvalue weighted by molar-refractivity contribution is 5.95. The van der Waals surface area contributed by atoms with Gasteiger partial charge >= 0.3 is 0 Å². The molecule has 0 atom stereocenters. The molecule has 166 valence electrons. The van der Waals surface area contributed by atoms with Crippen LogP contribution in [0.25, 0.3) is 0 Å². The number of nitrogens with zero attached hydrogens (tertiary/aromatic N) is 5. The van der Waals surface area contributed by atoms with Crippen LogP contribution in [0.1, 0.15) is 43.6 Å². The number of benzene rings is 1. The van der Waals surface area contributed by atoms with Gasteiger partial charge in [0.25, 0.3) is 5.91 Å². The molecule has 31 heavy (non-hydrogen) atoms. The minimum atomic E-state index is -0.693. The zero-order valence-electron chi connectivity index (χ0n) is 17.9. The number of nitrogens with two attached hydrogens (primary N) is 1. The summed E-state index contributed by atoms with van der Waals surface area (Å²) < 4.78 is 14.8. The standard InChI is InChI=1S/C21H29FN8O/c1-13(2)29-8-10-30(11-9-29)17-7-6-15(12-16(17)22)25-21-26-20(24-14-4-3-5-14)18(19(23)31)27-28-21/h6-7,12-14H,3-5,8-11H2,1-2H3,(H2,23,31)(H2,24,25,26,28). The van der Waals surface area contributed by atoms with Gasteiger partial charge in [0.1, 0.15) is 5.82 Å². The van der Waals surface area contributed by atoms with Crippen LogP contribution in [0, 0.1) is 5.82 Å². The third kappa shape index (κ3) is 4.84. The number of carbonyl (C=O) groups is 1. The number of aromatic nitrogens is 3. The van der Waals surface area contributed by atoms with E-state index >= 15 is 0 Å². The summed E-state index contributed by atoms with van der Waals surface area (Å²) in [5.74, 6) is -0.529. The van der Waals surface area contributed by atoms with Gasteiger partial charge in [-0.05, 0) is 51.3 Å². The van der Waals surface area contributed by atoms with Crippen molar-refractivity contribution in [3.63, 3.8) is 0 Å². The molecular formula is C21H29FN8O. The maximum Gasteiger partial charge on any atom is 0.273 e. The Balaban J connectivity index is 1.46. The van der Waals surface area contributed by atoms with Gasteiger partial charge in [-0.3, -0.25) is 9.69 Å². The molecule has 4 N–H and O–H groups in total. The number of halogens is 1. The van der Waals surface area contributed by atoms with E-state index in [1.807, 2.05) is 0 Å². The molecule has 0 spiro atoms. The Kier molecular flexibility index (Phi) is 6.17. The third-order valence-corrected chi connectivity index (χ3v) is 5.96. The lowest BCUT2D eigenvalue weighted by Gasteiger charge is -2.38. The van der Waals surface area contributed by atoms with Crippen molar-refractivity contribution in [2.45, 2.75) is 45.2 Å². The van der Waals surface area contributed by atoms with Gasteiger partial charge in [0.2, 0.25) is 5.95 Å². The van der Waals surface area contributed by atoms with Crippen LogP contribution in [-0.2, 0) is 0 Å². The zero-order chi connectivity index (χ0) is 22.0. The van der Waals surface area contributed by atoms with Crippen molar-refractivity contribution >= 4 is 29.0 Å². The van der Waals surface area contributed by atoms with Crippen molar-refractivity contribution in [2.24, 2.45) is 5.73 Å². The summed E-state index contributed by atoms with van der Waals surface area (Å²) in [6, 6.07) is 5.72. The first-order valence-electron chi connectivity index (χ1n) is 10.8. The Morgan fingerprint density at radius 1 is 1.19 bits per heavy atom. The Morgan fingerprint density at radius 3 is 2.52 bits per heavy atom. The van der Waals surface area contributed by atoms with Gasteiger partial charge in [0.05, 0.1) is 5.69 Å². The molecule has 1 aromatic heterocycles. The summed E-state index contributed by atoms with van der Waals surface area (Å²) in [7, 11) is 0. The number of carbonyl (C=O) groups excluding carboxylic acids is 1. The molecule has 1 saturated heterocycles. The van der Waals surface area contributed by atoms with E-state index in [1.165, 1.54) is 6.07 Å². The average Bonchev–Trinajstić information content (AvgIpc) is 2.71. The van der Waals surface area contributed by atoms with Crippen LogP contribution in [0.2, 0.25) is 0 Å². The molecule has 2 aliphatic rings. The minimum Gasteiger partial charge on any atom is -0.367 e. The maximum absolute atomic E-state index is 14.8. The van der Waals surface area contributed by atoms with Gasteiger partial charge in [-0.15, -0.1) is 10.2 Å². The first kappa shape index (κ1) is 21.2. The zero-order valence-corrected chi connectivity index (χ0v) is 17.9. The quantitative estimate of drug-likeness (QED) is 0.616. The Morgan fingerprint density at radius 2 is 1.94 bits per heavy atom. The summed E-state index contributed by atoms with van der Waals surface area (Å²) in [4.78, 5) is 20.4. The van der Waals surface area contributed by atoms with Crippen LogP contribution in [0.3, 0.4) is 0 Å². The van der Waals surface area contributed by atoms with E-state index in [0.717, 1.165) is 45.4 Å². The second-order valence-corrected chi connectivity index (χ2v) is 8.38. The number of piperazine rings is 1. The molecule has 0 unspecified atom stereocenters. The number of hydrogen-bond donors (Lipinski definition) is 3. The lowest BCUT2D eigenvalue weighted by Crippen LogP contribution is -2.49. The number of primary amides is 1. The molecule has 0 radical (unpaired) electrons. The summed E-state index contributed by atoms with van der Waals surface area (Å²) in [5.41, 5.74) is 6.48. The first-order chi connectivity index (χ1) is 14.9. The highest BCUT2D eigenvalue weighted by Crippen LogP contribution is 2.27. The van der Waals surface area contributed by atoms with Gasteiger partial charge in [0.15, 0.2) is 11.5 Å². The van der Waals surface area contributed by atoms with Crippen LogP contribution in [0.15, 0.2) is 18.2 Å². The van der Waals surface area contributed by atoms with E-state index in [-0.39, 0.29) is 23.5 Å². The molecule has 2 heterocycles. The normalized spacial score (nSPS) is 17.5. The number of nitrogens with one attached hydrogen (secondary N) is 2. The second kappa shape index (κ2) is 9.01. The van der Waals surface area contributed by atoms with Gasteiger partial charge < -0.3 is 21.3 Å². The summed E-state index contributed by atoms with van der Waals surface area (Å²) in [5, 5.41) is 14.0. The summed E-state index contributed by atoms with van der Waals surface area (Å²) in [6.45, 7) is 7.77. The number of anilines is 4. The molecule has 0 bridgehead atoms. The van der Waals surface area contributed by atoms with E-state index in [0.29, 0.717) is 23.2 Å². The lowest BCUT2D eigenvalue weighted by atomic mass is 9.93. The molecular weight excluding hydrogens is 399 g/mol. The molecule has 2 fully saturated rings. The molecule has 1 aromatic carbocycles. The fourth-order valence-electron chi connectivity index (χ4n) is 3.84. The fraction of sp³-hybridized carbons (Fsp3) is 0.524. The molecule has 9 nitrogen and oxygen atoms in total.